The van der Waals surface area contributed by atoms with Crippen molar-refractivity contribution < 1.29 is 23.0 Å². The van der Waals surface area contributed by atoms with E-state index in [9.17, 15) is 18.3 Å². The Balaban J connectivity index is 2.76. The van der Waals surface area contributed by atoms with Crippen LogP contribution in [0.4, 0.5) is 13.2 Å². The molecule has 0 aliphatic heterocycles. The molecule has 0 heterocycles. The molecule has 0 radical (unpaired) electrons. The van der Waals surface area contributed by atoms with Gasteiger partial charge < -0.3 is 9.84 Å². The van der Waals surface area contributed by atoms with Crippen LogP contribution in [0, 0.1) is 0 Å². The predicted molar refractivity (Wildman–Crippen MR) is 53.2 cm³/mol. The maximum Gasteiger partial charge on any atom is 0.416 e. The zero-order valence-corrected chi connectivity index (χ0v) is 9.01. The number of aliphatic hydroxyl groups is 1. The van der Waals surface area contributed by atoms with Gasteiger partial charge in [-0.15, -0.1) is 0 Å². The lowest BCUT2D eigenvalue weighted by atomic mass is 10.1. The van der Waals surface area contributed by atoms with Gasteiger partial charge in [0.2, 0.25) is 0 Å². The molecule has 0 aliphatic rings. The first-order valence-electron chi connectivity index (χ1n) is 4.71. The van der Waals surface area contributed by atoms with Gasteiger partial charge in [0.15, 0.2) is 0 Å². The van der Waals surface area contributed by atoms with Gasteiger partial charge in [-0.25, -0.2) is 0 Å². The first-order chi connectivity index (χ1) is 7.18. The van der Waals surface area contributed by atoms with Gasteiger partial charge in [-0.2, -0.15) is 13.2 Å². The minimum Gasteiger partial charge on any atom is -0.491 e. The molecule has 0 spiro atoms. The van der Waals surface area contributed by atoms with Crippen LogP contribution in [-0.2, 0) is 6.18 Å². The van der Waals surface area contributed by atoms with Crippen molar-refractivity contribution in [2.75, 3.05) is 6.61 Å². The average molecular weight is 234 g/mol. The highest BCUT2D eigenvalue weighted by molar-refractivity contribution is 5.30. The van der Waals surface area contributed by atoms with Crippen molar-refractivity contribution in [1.29, 1.82) is 0 Å². The Morgan fingerprint density at radius 2 is 1.88 bits per heavy atom. The van der Waals surface area contributed by atoms with Crippen LogP contribution in [-0.4, -0.2) is 17.3 Å². The maximum absolute atomic E-state index is 12.3. The van der Waals surface area contributed by atoms with E-state index in [-0.39, 0.29) is 12.4 Å². The van der Waals surface area contributed by atoms with Gasteiger partial charge in [0, 0.05) is 0 Å². The summed E-state index contributed by atoms with van der Waals surface area (Å²) in [6.07, 6.45) is -4.38. The third kappa shape index (κ3) is 4.10. The topological polar surface area (TPSA) is 29.5 Å². The number of hydrogen-bond acceptors (Lipinski definition) is 2. The van der Waals surface area contributed by atoms with E-state index in [0.29, 0.717) is 0 Å². The van der Waals surface area contributed by atoms with Gasteiger partial charge in [-0.05, 0) is 32.0 Å². The zero-order valence-electron chi connectivity index (χ0n) is 9.01. The molecule has 0 amide bonds. The Hall–Kier alpha value is -1.23. The second-order valence-corrected chi connectivity index (χ2v) is 4.13. The number of rotatable bonds is 3. The van der Waals surface area contributed by atoms with E-state index in [4.69, 9.17) is 4.74 Å². The molecule has 1 aromatic carbocycles. The van der Waals surface area contributed by atoms with Crippen molar-refractivity contribution in [1.82, 2.24) is 0 Å². The first kappa shape index (κ1) is 12.8. The summed E-state index contributed by atoms with van der Waals surface area (Å²) in [4.78, 5) is 0. The van der Waals surface area contributed by atoms with E-state index >= 15 is 0 Å². The van der Waals surface area contributed by atoms with E-state index in [0.717, 1.165) is 12.1 Å². The van der Waals surface area contributed by atoms with Crippen molar-refractivity contribution in [3.05, 3.63) is 29.8 Å². The van der Waals surface area contributed by atoms with E-state index < -0.39 is 17.3 Å². The minimum absolute atomic E-state index is 0.0612. The lowest BCUT2D eigenvalue weighted by molar-refractivity contribution is -0.137. The van der Waals surface area contributed by atoms with Crippen LogP contribution >= 0.6 is 0 Å². The standard InChI is InChI=1S/C11H13F3O2/c1-10(2,15)7-16-9-5-3-4-8(6-9)11(12,13)14/h3-6,15H,7H2,1-2H3. The smallest absolute Gasteiger partial charge is 0.416 e. The summed E-state index contributed by atoms with van der Waals surface area (Å²) in [5, 5.41) is 9.36. The third-order valence-corrected chi connectivity index (χ3v) is 1.75. The zero-order chi connectivity index (χ0) is 12.4. The Morgan fingerprint density at radius 3 is 2.38 bits per heavy atom. The van der Waals surface area contributed by atoms with Crippen LogP contribution in [0.15, 0.2) is 24.3 Å². The van der Waals surface area contributed by atoms with Crippen LogP contribution in [0.25, 0.3) is 0 Å². The van der Waals surface area contributed by atoms with Crippen molar-refractivity contribution in [2.24, 2.45) is 0 Å². The molecule has 16 heavy (non-hydrogen) atoms. The molecular formula is C11H13F3O2. The fourth-order valence-corrected chi connectivity index (χ4v) is 1.02. The molecule has 0 atom stereocenters. The number of benzene rings is 1. The average Bonchev–Trinajstić information content (AvgIpc) is 2.13. The van der Waals surface area contributed by atoms with Crippen LogP contribution in [0.2, 0.25) is 0 Å². The Morgan fingerprint density at radius 1 is 1.25 bits per heavy atom. The molecule has 5 heteroatoms. The van der Waals surface area contributed by atoms with Gasteiger partial charge in [-0.1, -0.05) is 6.07 Å². The second-order valence-electron chi connectivity index (χ2n) is 4.13. The SMILES string of the molecule is CC(C)(O)COc1cccc(C(F)(F)F)c1. The van der Waals surface area contributed by atoms with Crippen LogP contribution in [0.1, 0.15) is 19.4 Å². The van der Waals surface area contributed by atoms with E-state index in [1.54, 1.807) is 0 Å². The highest BCUT2D eigenvalue weighted by atomic mass is 19.4. The lowest BCUT2D eigenvalue weighted by Crippen LogP contribution is -2.27. The highest BCUT2D eigenvalue weighted by Gasteiger charge is 2.30. The fraction of sp³-hybridized carbons (Fsp3) is 0.455. The minimum atomic E-state index is -4.38. The maximum atomic E-state index is 12.3. The Labute approximate surface area is 91.7 Å². The monoisotopic (exact) mass is 234 g/mol. The first-order valence-corrected chi connectivity index (χ1v) is 4.71. The van der Waals surface area contributed by atoms with Gasteiger partial charge in [0.25, 0.3) is 0 Å². The van der Waals surface area contributed by atoms with Crippen LogP contribution in [0.3, 0.4) is 0 Å². The van der Waals surface area contributed by atoms with Crippen molar-refractivity contribution in [2.45, 2.75) is 25.6 Å². The van der Waals surface area contributed by atoms with Crippen molar-refractivity contribution in [3.8, 4) is 5.75 Å². The Kier molecular flexibility index (Phi) is 3.48. The summed E-state index contributed by atoms with van der Waals surface area (Å²) >= 11 is 0. The molecule has 0 saturated heterocycles. The molecule has 90 valence electrons. The Bertz CT molecular complexity index is 353. The number of alkyl halides is 3. The van der Waals surface area contributed by atoms with E-state index in [2.05, 4.69) is 0 Å². The molecule has 0 bridgehead atoms. The number of hydrogen-bond donors (Lipinski definition) is 1. The highest BCUT2D eigenvalue weighted by Crippen LogP contribution is 2.31. The molecule has 0 fully saturated rings. The largest absolute Gasteiger partial charge is 0.491 e. The predicted octanol–water partition coefficient (Wildman–Crippen LogP) is 2.86. The van der Waals surface area contributed by atoms with Crippen molar-refractivity contribution in [3.63, 3.8) is 0 Å². The molecular weight excluding hydrogens is 221 g/mol. The van der Waals surface area contributed by atoms with Gasteiger partial charge in [0.05, 0.1) is 11.2 Å². The fourth-order valence-electron chi connectivity index (χ4n) is 1.02. The molecule has 0 unspecified atom stereocenters. The summed E-state index contributed by atoms with van der Waals surface area (Å²) in [7, 11) is 0. The van der Waals surface area contributed by atoms with E-state index in [1.807, 2.05) is 0 Å². The molecule has 0 aromatic heterocycles. The molecule has 1 N–H and O–H groups in total. The van der Waals surface area contributed by atoms with Crippen LogP contribution < -0.4 is 4.74 Å². The summed E-state index contributed by atoms with van der Waals surface area (Å²) < 4.78 is 42.1. The number of ether oxygens (including phenoxy) is 1. The summed E-state index contributed by atoms with van der Waals surface area (Å²) in [5.41, 5.74) is -1.84. The summed E-state index contributed by atoms with van der Waals surface area (Å²) in [6.45, 7) is 2.97. The molecule has 1 aromatic rings. The summed E-state index contributed by atoms with van der Waals surface area (Å²) in [6, 6.07) is 4.56. The molecule has 1 rings (SSSR count). The number of halogens is 3. The summed E-state index contributed by atoms with van der Waals surface area (Å²) in [5.74, 6) is 0.0944. The quantitative estimate of drug-likeness (QED) is 0.871. The second kappa shape index (κ2) is 4.33. The molecule has 2 nitrogen and oxygen atoms in total. The van der Waals surface area contributed by atoms with Gasteiger partial charge in [0.1, 0.15) is 12.4 Å². The molecule has 0 aliphatic carbocycles. The third-order valence-electron chi connectivity index (χ3n) is 1.75. The molecule has 0 saturated carbocycles. The van der Waals surface area contributed by atoms with Crippen molar-refractivity contribution >= 4 is 0 Å². The lowest BCUT2D eigenvalue weighted by Gasteiger charge is -2.18. The van der Waals surface area contributed by atoms with E-state index in [1.165, 1.54) is 26.0 Å². The van der Waals surface area contributed by atoms with Gasteiger partial charge in [-0.3, -0.25) is 0 Å². The van der Waals surface area contributed by atoms with Gasteiger partial charge >= 0.3 is 6.18 Å². The normalized spacial score (nSPS) is 12.6. The van der Waals surface area contributed by atoms with Crippen LogP contribution in [0.5, 0.6) is 5.75 Å².